The molecule has 1 N–H and O–H groups in total. The highest BCUT2D eigenvalue weighted by atomic mass is 16.7. The summed E-state index contributed by atoms with van der Waals surface area (Å²) in [6, 6.07) is 6.25. The number of aromatic amines is 1. The monoisotopic (exact) mass is 203 g/mol. The van der Waals surface area contributed by atoms with E-state index in [0.717, 1.165) is 5.56 Å². The molecule has 0 radical (unpaired) electrons. The van der Waals surface area contributed by atoms with Gasteiger partial charge in [0.2, 0.25) is 0 Å². The second-order valence-corrected chi connectivity index (χ2v) is 3.81. The van der Waals surface area contributed by atoms with Crippen LogP contribution in [0.1, 0.15) is 17.4 Å². The molecule has 1 aromatic carbocycles. The second kappa shape index (κ2) is 3.36. The number of benzene rings is 1. The van der Waals surface area contributed by atoms with Gasteiger partial charge in [0.1, 0.15) is 0 Å². The number of para-hydroxylation sites is 1. The summed E-state index contributed by atoms with van der Waals surface area (Å²) in [4.78, 5) is 3.27. The van der Waals surface area contributed by atoms with Gasteiger partial charge in [0.15, 0.2) is 6.29 Å². The van der Waals surface area contributed by atoms with E-state index in [9.17, 15) is 0 Å². The van der Waals surface area contributed by atoms with E-state index in [-0.39, 0.29) is 6.29 Å². The van der Waals surface area contributed by atoms with Gasteiger partial charge in [0.05, 0.1) is 13.2 Å². The molecular formula is C12H13NO2. The van der Waals surface area contributed by atoms with Gasteiger partial charge in [-0.25, -0.2) is 0 Å². The zero-order valence-electron chi connectivity index (χ0n) is 8.62. The van der Waals surface area contributed by atoms with Crippen LogP contribution in [0.15, 0.2) is 24.4 Å². The summed E-state index contributed by atoms with van der Waals surface area (Å²) in [5.41, 5.74) is 3.52. The van der Waals surface area contributed by atoms with Crippen molar-refractivity contribution in [2.24, 2.45) is 0 Å². The first kappa shape index (κ1) is 8.95. The van der Waals surface area contributed by atoms with Crippen LogP contribution in [0.5, 0.6) is 0 Å². The molecule has 1 fully saturated rings. The third-order valence-electron chi connectivity index (χ3n) is 2.83. The fraction of sp³-hybridized carbons (Fsp3) is 0.333. The molecule has 0 atom stereocenters. The van der Waals surface area contributed by atoms with Gasteiger partial charge in [-0.15, -0.1) is 0 Å². The van der Waals surface area contributed by atoms with E-state index < -0.39 is 0 Å². The summed E-state index contributed by atoms with van der Waals surface area (Å²) < 4.78 is 11.0. The number of hydrogen-bond donors (Lipinski definition) is 1. The highest BCUT2D eigenvalue weighted by Gasteiger charge is 2.21. The molecule has 0 aliphatic carbocycles. The zero-order valence-corrected chi connectivity index (χ0v) is 8.62. The van der Waals surface area contributed by atoms with Crippen LogP contribution in [0, 0.1) is 6.92 Å². The summed E-state index contributed by atoms with van der Waals surface area (Å²) >= 11 is 0. The number of H-pyrrole nitrogens is 1. The Bertz CT molecular complexity index is 483. The normalized spacial score (nSPS) is 17.7. The van der Waals surface area contributed by atoms with Crippen LogP contribution in [0.4, 0.5) is 0 Å². The van der Waals surface area contributed by atoms with Crippen molar-refractivity contribution in [1.29, 1.82) is 0 Å². The minimum atomic E-state index is -0.194. The maximum Gasteiger partial charge on any atom is 0.186 e. The van der Waals surface area contributed by atoms with E-state index in [4.69, 9.17) is 9.47 Å². The van der Waals surface area contributed by atoms with Gasteiger partial charge in [-0.1, -0.05) is 18.2 Å². The van der Waals surface area contributed by atoms with Gasteiger partial charge in [0, 0.05) is 22.7 Å². The van der Waals surface area contributed by atoms with Crippen molar-refractivity contribution in [2.75, 3.05) is 13.2 Å². The third-order valence-corrected chi connectivity index (χ3v) is 2.83. The number of aryl methyl sites for hydroxylation is 1. The highest BCUT2D eigenvalue weighted by Crippen LogP contribution is 2.30. The summed E-state index contributed by atoms with van der Waals surface area (Å²) in [5.74, 6) is 0. The number of hydrogen-bond acceptors (Lipinski definition) is 2. The van der Waals surface area contributed by atoms with Crippen LogP contribution in [0.3, 0.4) is 0 Å². The number of ether oxygens (including phenoxy) is 2. The van der Waals surface area contributed by atoms with Crippen LogP contribution in [0.2, 0.25) is 0 Å². The van der Waals surface area contributed by atoms with E-state index >= 15 is 0 Å². The number of aromatic nitrogens is 1. The molecule has 3 nitrogen and oxygen atoms in total. The lowest BCUT2D eigenvalue weighted by Crippen LogP contribution is -1.96. The summed E-state index contributed by atoms with van der Waals surface area (Å²) in [6.07, 6.45) is 1.79. The van der Waals surface area contributed by atoms with Crippen molar-refractivity contribution in [3.8, 4) is 0 Å². The molecule has 3 rings (SSSR count). The maximum absolute atomic E-state index is 5.50. The molecule has 2 heterocycles. The van der Waals surface area contributed by atoms with Gasteiger partial charge in [-0.05, 0) is 12.5 Å². The van der Waals surface area contributed by atoms with E-state index in [1.807, 2.05) is 6.20 Å². The van der Waals surface area contributed by atoms with Crippen LogP contribution in [0.25, 0.3) is 10.9 Å². The molecule has 0 unspecified atom stereocenters. The number of fused-ring (bicyclic) bond motifs is 1. The standard InChI is InChI=1S/C12H13NO2/c1-8-3-2-4-9-10(7-13-11(8)9)12-14-5-6-15-12/h2-4,7,12-13H,5-6H2,1H3. The first-order chi connectivity index (χ1) is 7.36. The predicted molar refractivity (Wildman–Crippen MR) is 57.7 cm³/mol. The quantitative estimate of drug-likeness (QED) is 0.772. The van der Waals surface area contributed by atoms with E-state index in [1.54, 1.807) is 0 Å². The Morgan fingerprint density at radius 1 is 1.27 bits per heavy atom. The van der Waals surface area contributed by atoms with Crippen molar-refractivity contribution in [1.82, 2.24) is 4.98 Å². The smallest absolute Gasteiger partial charge is 0.186 e. The molecule has 0 bridgehead atoms. The van der Waals surface area contributed by atoms with Crippen molar-refractivity contribution in [3.63, 3.8) is 0 Å². The molecule has 15 heavy (non-hydrogen) atoms. The maximum atomic E-state index is 5.50. The summed E-state index contributed by atoms with van der Waals surface area (Å²) in [5, 5.41) is 1.20. The molecule has 0 saturated carbocycles. The Kier molecular flexibility index (Phi) is 2.01. The lowest BCUT2D eigenvalue weighted by Gasteiger charge is -2.07. The number of rotatable bonds is 1. The minimum absolute atomic E-state index is 0.194. The Hall–Kier alpha value is -1.32. The molecule has 3 heteroatoms. The molecular weight excluding hydrogens is 190 g/mol. The Morgan fingerprint density at radius 3 is 2.87 bits per heavy atom. The summed E-state index contributed by atoms with van der Waals surface area (Å²) in [6.45, 7) is 3.46. The summed E-state index contributed by atoms with van der Waals surface area (Å²) in [7, 11) is 0. The van der Waals surface area contributed by atoms with Crippen LogP contribution in [-0.4, -0.2) is 18.2 Å². The molecule has 0 amide bonds. The number of nitrogens with one attached hydrogen (secondary N) is 1. The molecule has 1 aromatic heterocycles. The third kappa shape index (κ3) is 1.35. The van der Waals surface area contributed by atoms with Crippen molar-refractivity contribution in [2.45, 2.75) is 13.2 Å². The molecule has 78 valence electrons. The van der Waals surface area contributed by atoms with Gasteiger partial charge in [0.25, 0.3) is 0 Å². The molecule has 0 spiro atoms. The molecule has 1 saturated heterocycles. The lowest BCUT2D eigenvalue weighted by atomic mass is 10.1. The van der Waals surface area contributed by atoms with Gasteiger partial charge < -0.3 is 14.5 Å². The van der Waals surface area contributed by atoms with Gasteiger partial charge in [-0.3, -0.25) is 0 Å². The molecule has 1 aliphatic rings. The Balaban J connectivity index is 2.15. The first-order valence-corrected chi connectivity index (χ1v) is 5.16. The zero-order chi connectivity index (χ0) is 10.3. The van der Waals surface area contributed by atoms with Crippen molar-refractivity contribution < 1.29 is 9.47 Å². The largest absolute Gasteiger partial charge is 0.360 e. The van der Waals surface area contributed by atoms with Crippen LogP contribution in [-0.2, 0) is 9.47 Å². The Labute approximate surface area is 88.0 Å². The minimum Gasteiger partial charge on any atom is -0.360 e. The van der Waals surface area contributed by atoms with E-state index in [1.165, 1.54) is 16.5 Å². The average Bonchev–Trinajstić information content (AvgIpc) is 2.85. The second-order valence-electron chi connectivity index (χ2n) is 3.81. The molecule has 1 aliphatic heterocycles. The Morgan fingerprint density at radius 2 is 2.07 bits per heavy atom. The van der Waals surface area contributed by atoms with Gasteiger partial charge >= 0.3 is 0 Å². The van der Waals surface area contributed by atoms with E-state index in [2.05, 4.69) is 30.1 Å². The average molecular weight is 203 g/mol. The fourth-order valence-corrected chi connectivity index (χ4v) is 2.06. The van der Waals surface area contributed by atoms with Gasteiger partial charge in [-0.2, -0.15) is 0 Å². The van der Waals surface area contributed by atoms with Crippen molar-refractivity contribution in [3.05, 3.63) is 35.5 Å². The van der Waals surface area contributed by atoms with Crippen LogP contribution >= 0.6 is 0 Å². The lowest BCUT2D eigenvalue weighted by molar-refractivity contribution is -0.0429. The topological polar surface area (TPSA) is 34.2 Å². The van der Waals surface area contributed by atoms with E-state index in [0.29, 0.717) is 13.2 Å². The first-order valence-electron chi connectivity index (χ1n) is 5.16. The van der Waals surface area contributed by atoms with Crippen molar-refractivity contribution >= 4 is 10.9 Å². The predicted octanol–water partition coefficient (Wildman–Crippen LogP) is 2.52. The highest BCUT2D eigenvalue weighted by molar-refractivity contribution is 5.86. The fourth-order valence-electron chi connectivity index (χ4n) is 2.06. The van der Waals surface area contributed by atoms with Crippen LogP contribution < -0.4 is 0 Å². The SMILES string of the molecule is Cc1cccc2c(C3OCCO3)c[nH]c12. The molecule has 2 aromatic rings.